The predicted molar refractivity (Wildman–Crippen MR) is 68.3 cm³/mol. The lowest BCUT2D eigenvalue weighted by Crippen LogP contribution is -2.03. The van der Waals surface area contributed by atoms with E-state index in [0.29, 0.717) is 13.0 Å². The molecule has 0 aliphatic rings. The second-order valence-electron chi connectivity index (χ2n) is 5.17. The molecule has 94 valence electrons. The first-order valence-electron chi connectivity index (χ1n) is 6.29. The van der Waals surface area contributed by atoms with Crippen LogP contribution in [0.15, 0.2) is 12.2 Å². The summed E-state index contributed by atoms with van der Waals surface area (Å²) in [6, 6.07) is 0. The van der Waals surface area contributed by atoms with Gasteiger partial charge in [0, 0.05) is 6.42 Å². The normalized spacial score (nSPS) is 12.0. The van der Waals surface area contributed by atoms with Crippen LogP contribution in [0.25, 0.3) is 0 Å². The Hall–Kier alpha value is -0.790. The third-order valence-corrected chi connectivity index (χ3v) is 2.17. The lowest BCUT2D eigenvalue weighted by Gasteiger charge is -2.10. The zero-order chi connectivity index (χ0) is 12.4. The summed E-state index contributed by atoms with van der Waals surface area (Å²) >= 11 is 0. The molecule has 0 atom stereocenters. The highest BCUT2D eigenvalue weighted by molar-refractivity contribution is 5.69. The smallest absolute Gasteiger partial charge is 0.305 e. The van der Waals surface area contributed by atoms with Crippen molar-refractivity contribution in [1.82, 2.24) is 0 Å². The van der Waals surface area contributed by atoms with E-state index in [4.69, 9.17) is 4.74 Å². The molecule has 0 spiro atoms. The van der Waals surface area contributed by atoms with Crippen molar-refractivity contribution in [2.75, 3.05) is 6.61 Å². The molecule has 0 heterocycles. The number of unbranched alkanes of at least 4 members (excludes halogenated alkanes) is 3. The average Bonchev–Trinajstić information content (AvgIpc) is 2.15. The van der Waals surface area contributed by atoms with Crippen LogP contribution in [0.5, 0.6) is 0 Å². The van der Waals surface area contributed by atoms with Gasteiger partial charge in [-0.3, -0.25) is 4.79 Å². The SMILES string of the molecule is CCOC(=O)CCCCC/C=C/C(C)(C)C. The molecule has 2 nitrogen and oxygen atoms in total. The predicted octanol–water partition coefficient (Wildman–Crippen LogP) is 4.10. The van der Waals surface area contributed by atoms with Gasteiger partial charge in [-0.05, 0) is 31.6 Å². The molecule has 0 radical (unpaired) electrons. The number of allylic oxidation sites excluding steroid dienone is 2. The van der Waals surface area contributed by atoms with Crippen molar-refractivity contribution >= 4 is 5.97 Å². The van der Waals surface area contributed by atoms with E-state index in [1.807, 2.05) is 6.92 Å². The molecule has 0 saturated heterocycles. The minimum Gasteiger partial charge on any atom is -0.466 e. The molecule has 0 amide bonds. The fraction of sp³-hybridized carbons (Fsp3) is 0.786. The second-order valence-corrected chi connectivity index (χ2v) is 5.17. The molecule has 0 saturated carbocycles. The van der Waals surface area contributed by atoms with E-state index in [2.05, 4.69) is 32.9 Å². The highest BCUT2D eigenvalue weighted by atomic mass is 16.5. The molecule has 0 fully saturated rings. The quantitative estimate of drug-likeness (QED) is 0.371. The van der Waals surface area contributed by atoms with E-state index in [0.717, 1.165) is 25.7 Å². The molecule has 0 aromatic rings. The Morgan fingerprint density at radius 1 is 1.19 bits per heavy atom. The van der Waals surface area contributed by atoms with Gasteiger partial charge in [0.1, 0.15) is 0 Å². The Kier molecular flexibility index (Phi) is 7.96. The molecule has 0 unspecified atom stereocenters. The van der Waals surface area contributed by atoms with E-state index in [9.17, 15) is 4.79 Å². The molecule has 16 heavy (non-hydrogen) atoms. The Labute approximate surface area is 100 Å². The molecule has 0 N–H and O–H groups in total. The zero-order valence-corrected chi connectivity index (χ0v) is 11.2. The number of ether oxygens (including phenoxy) is 1. The van der Waals surface area contributed by atoms with Crippen molar-refractivity contribution in [3.63, 3.8) is 0 Å². The van der Waals surface area contributed by atoms with Crippen molar-refractivity contribution in [2.24, 2.45) is 5.41 Å². The van der Waals surface area contributed by atoms with Gasteiger partial charge < -0.3 is 4.74 Å². The monoisotopic (exact) mass is 226 g/mol. The second kappa shape index (κ2) is 8.37. The van der Waals surface area contributed by atoms with Gasteiger partial charge in [-0.15, -0.1) is 0 Å². The molecule has 0 rings (SSSR count). The Morgan fingerprint density at radius 2 is 1.88 bits per heavy atom. The van der Waals surface area contributed by atoms with Crippen molar-refractivity contribution in [2.45, 2.75) is 59.8 Å². The van der Waals surface area contributed by atoms with Crippen LogP contribution in [0.1, 0.15) is 59.8 Å². The fourth-order valence-electron chi connectivity index (χ4n) is 1.38. The van der Waals surface area contributed by atoms with Gasteiger partial charge in [-0.2, -0.15) is 0 Å². The van der Waals surface area contributed by atoms with Crippen LogP contribution in [0.3, 0.4) is 0 Å². The van der Waals surface area contributed by atoms with Crippen molar-refractivity contribution in [3.8, 4) is 0 Å². The van der Waals surface area contributed by atoms with Crippen LogP contribution in [0.4, 0.5) is 0 Å². The van der Waals surface area contributed by atoms with Crippen LogP contribution in [-0.4, -0.2) is 12.6 Å². The van der Waals surface area contributed by atoms with E-state index >= 15 is 0 Å². The Balaban J connectivity index is 3.34. The van der Waals surface area contributed by atoms with Gasteiger partial charge in [0.25, 0.3) is 0 Å². The van der Waals surface area contributed by atoms with Crippen LogP contribution < -0.4 is 0 Å². The average molecular weight is 226 g/mol. The van der Waals surface area contributed by atoms with E-state index in [-0.39, 0.29) is 11.4 Å². The molecule has 0 aliphatic heterocycles. The maximum absolute atomic E-state index is 11.0. The molecule has 2 heteroatoms. The van der Waals surface area contributed by atoms with Gasteiger partial charge in [0.15, 0.2) is 0 Å². The summed E-state index contributed by atoms with van der Waals surface area (Å²) in [7, 11) is 0. The standard InChI is InChI=1S/C14H26O2/c1-5-16-13(15)11-9-7-6-8-10-12-14(2,3)4/h10,12H,5-9,11H2,1-4H3/b12-10+. The van der Waals surface area contributed by atoms with E-state index < -0.39 is 0 Å². The van der Waals surface area contributed by atoms with Gasteiger partial charge in [0.05, 0.1) is 6.61 Å². The number of hydrogen-bond donors (Lipinski definition) is 0. The molecule has 0 aromatic carbocycles. The van der Waals surface area contributed by atoms with E-state index in [1.165, 1.54) is 0 Å². The van der Waals surface area contributed by atoms with Crippen LogP contribution in [0.2, 0.25) is 0 Å². The number of rotatable bonds is 7. The molecule has 0 aliphatic carbocycles. The maximum Gasteiger partial charge on any atom is 0.305 e. The third kappa shape index (κ3) is 11.3. The summed E-state index contributed by atoms with van der Waals surface area (Å²) in [5, 5.41) is 0. The lowest BCUT2D eigenvalue weighted by atomic mass is 9.95. The van der Waals surface area contributed by atoms with Gasteiger partial charge in [-0.25, -0.2) is 0 Å². The molecule has 0 aromatic heterocycles. The first-order valence-corrected chi connectivity index (χ1v) is 6.29. The van der Waals surface area contributed by atoms with Gasteiger partial charge in [-0.1, -0.05) is 39.3 Å². The topological polar surface area (TPSA) is 26.3 Å². The minimum atomic E-state index is -0.0623. The van der Waals surface area contributed by atoms with Crippen LogP contribution >= 0.6 is 0 Å². The summed E-state index contributed by atoms with van der Waals surface area (Å²) in [5.74, 6) is -0.0623. The largest absolute Gasteiger partial charge is 0.466 e. The fourth-order valence-corrected chi connectivity index (χ4v) is 1.38. The van der Waals surface area contributed by atoms with Crippen molar-refractivity contribution in [1.29, 1.82) is 0 Å². The number of esters is 1. The number of carbonyl (C=O) groups is 1. The van der Waals surface area contributed by atoms with Crippen molar-refractivity contribution in [3.05, 3.63) is 12.2 Å². The zero-order valence-electron chi connectivity index (χ0n) is 11.2. The summed E-state index contributed by atoms with van der Waals surface area (Å²) in [6.45, 7) is 8.93. The Bertz CT molecular complexity index is 211. The van der Waals surface area contributed by atoms with E-state index in [1.54, 1.807) is 0 Å². The first-order chi connectivity index (χ1) is 7.45. The highest BCUT2D eigenvalue weighted by Gasteiger charge is 2.03. The van der Waals surface area contributed by atoms with Gasteiger partial charge >= 0.3 is 5.97 Å². The molecular weight excluding hydrogens is 200 g/mol. The lowest BCUT2D eigenvalue weighted by molar-refractivity contribution is -0.143. The van der Waals surface area contributed by atoms with Crippen LogP contribution in [0, 0.1) is 5.41 Å². The van der Waals surface area contributed by atoms with Crippen LogP contribution in [-0.2, 0) is 9.53 Å². The van der Waals surface area contributed by atoms with Gasteiger partial charge in [0.2, 0.25) is 0 Å². The molecule has 0 bridgehead atoms. The summed E-state index contributed by atoms with van der Waals surface area (Å²) < 4.78 is 4.86. The van der Waals surface area contributed by atoms with Crippen molar-refractivity contribution < 1.29 is 9.53 Å². The maximum atomic E-state index is 11.0. The first kappa shape index (κ1) is 15.2. The Morgan fingerprint density at radius 3 is 2.44 bits per heavy atom. The third-order valence-electron chi connectivity index (χ3n) is 2.17. The minimum absolute atomic E-state index is 0.0623. The summed E-state index contributed by atoms with van der Waals surface area (Å²) in [4.78, 5) is 11.0. The summed E-state index contributed by atoms with van der Waals surface area (Å²) in [6.07, 6.45) is 9.38. The number of carbonyl (C=O) groups excluding carboxylic acids is 1. The summed E-state index contributed by atoms with van der Waals surface area (Å²) in [5.41, 5.74) is 0.283. The molecular formula is C14H26O2. The highest BCUT2D eigenvalue weighted by Crippen LogP contribution is 2.15. The number of hydrogen-bond acceptors (Lipinski definition) is 2.